The van der Waals surface area contributed by atoms with E-state index in [1.165, 1.54) is 11.8 Å². The van der Waals surface area contributed by atoms with Crippen molar-refractivity contribution in [3.8, 4) is 5.75 Å². The molecule has 1 N–H and O–H groups in total. The Morgan fingerprint density at radius 1 is 1.53 bits per heavy atom. The molecule has 0 fully saturated rings. The number of ether oxygens (including phenoxy) is 1. The zero-order valence-corrected chi connectivity index (χ0v) is 11.5. The van der Waals surface area contributed by atoms with Gasteiger partial charge in [-0.05, 0) is 24.1 Å². The number of anilines is 1. The lowest BCUT2D eigenvalue weighted by molar-refractivity contribution is -0.118. The molecule has 0 bridgehead atoms. The Balaban J connectivity index is 1.94. The Kier molecular flexibility index (Phi) is 4.63. The Labute approximate surface area is 116 Å². The molecule has 100 valence electrons. The molecule has 0 spiro atoms. The zero-order chi connectivity index (χ0) is 13.7. The van der Waals surface area contributed by atoms with E-state index in [1.54, 1.807) is 6.92 Å². The molecule has 0 radical (unpaired) electrons. The number of carbonyl (C=O) groups is 2. The van der Waals surface area contributed by atoms with Gasteiger partial charge in [0.25, 0.3) is 5.91 Å². The molecule has 1 aromatic rings. The molecule has 1 heterocycles. The molecule has 1 amide bonds. The highest BCUT2D eigenvalue weighted by molar-refractivity contribution is 8.13. The van der Waals surface area contributed by atoms with Gasteiger partial charge in [0.1, 0.15) is 5.75 Å². The highest BCUT2D eigenvalue weighted by Crippen LogP contribution is 2.28. The van der Waals surface area contributed by atoms with Gasteiger partial charge in [-0.15, -0.1) is 0 Å². The van der Waals surface area contributed by atoms with Crippen molar-refractivity contribution in [1.29, 1.82) is 0 Å². The van der Waals surface area contributed by atoms with Crippen LogP contribution in [0.1, 0.15) is 18.9 Å². The summed E-state index contributed by atoms with van der Waals surface area (Å²) in [6, 6.07) is 5.66. The fourth-order valence-electron chi connectivity index (χ4n) is 1.69. The Morgan fingerprint density at radius 2 is 2.37 bits per heavy atom. The summed E-state index contributed by atoms with van der Waals surface area (Å²) in [5.41, 5.74) is 1.70. The van der Waals surface area contributed by atoms with Gasteiger partial charge in [-0.25, -0.2) is 0 Å². The van der Waals surface area contributed by atoms with E-state index >= 15 is 0 Å². The second-order valence-electron chi connectivity index (χ2n) is 4.12. The van der Waals surface area contributed by atoms with E-state index in [2.05, 4.69) is 5.32 Å². The van der Waals surface area contributed by atoms with Crippen LogP contribution in [0.2, 0.25) is 0 Å². The summed E-state index contributed by atoms with van der Waals surface area (Å²) in [5, 5.41) is 2.91. The monoisotopic (exact) mass is 277 g/mol. The number of benzene rings is 1. The fourth-order valence-corrected chi connectivity index (χ4v) is 2.24. The highest BCUT2D eigenvalue weighted by Gasteiger charge is 2.15. The minimum Gasteiger partial charge on any atom is -0.482 e. The standard InChI is InChI=1S/C14H15NO3S/c1-10(16)19-7-3-2-4-11-5-6-13-12(8-11)15-14(17)9-18-13/h2,4-6,8H,3,7,9H2,1H3,(H,15,17). The van der Waals surface area contributed by atoms with Crippen LogP contribution >= 0.6 is 11.8 Å². The van der Waals surface area contributed by atoms with Crippen LogP contribution in [0, 0.1) is 0 Å². The number of hydrogen-bond donors (Lipinski definition) is 1. The van der Waals surface area contributed by atoms with Crippen LogP contribution < -0.4 is 10.1 Å². The first-order valence-corrected chi connectivity index (χ1v) is 7.00. The number of fused-ring (bicyclic) bond motifs is 1. The molecule has 19 heavy (non-hydrogen) atoms. The largest absolute Gasteiger partial charge is 0.482 e. The van der Waals surface area contributed by atoms with Crippen LogP contribution in [-0.2, 0) is 9.59 Å². The third-order valence-corrected chi connectivity index (χ3v) is 3.38. The summed E-state index contributed by atoms with van der Waals surface area (Å²) >= 11 is 1.32. The summed E-state index contributed by atoms with van der Waals surface area (Å²) in [4.78, 5) is 22.0. The van der Waals surface area contributed by atoms with Gasteiger partial charge in [-0.3, -0.25) is 9.59 Å². The lowest BCUT2D eigenvalue weighted by atomic mass is 10.1. The summed E-state index contributed by atoms with van der Waals surface area (Å²) < 4.78 is 5.28. The molecular weight excluding hydrogens is 262 g/mol. The number of carbonyl (C=O) groups excluding carboxylic acids is 2. The molecule has 0 aromatic heterocycles. The molecule has 5 heteroatoms. The van der Waals surface area contributed by atoms with Crippen molar-refractivity contribution in [2.45, 2.75) is 13.3 Å². The van der Waals surface area contributed by atoms with Crippen LogP contribution in [-0.4, -0.2) is 23.4 Å². The van der Waals surface area contributed by atoms with Gasteiger partial charge in [-0.2, -0.15) is 0 Å². The molecule has 1 aliphatic rings. The quantitative estimate of drug-likeness (QED) is 0.860. The van der Waals surface area contributed by atoms with Gasteiger partial charge < -0.3 is 10.1 Å². The number of thioether (sulfide) groups is 1. The maximum atomic E-state index is 11.2. The van der Waals surface area contributed by atoms with Crippen LogP contribution in [0.5, 0.6) is 5.75 Å². The number of rotatable bonds is 4. The van der Waals surface area contributed by atoms with Crippen LogP contribution in [0.4, 0.5) is 5.69 Å². The Morgan fingerprint density at radius 3 is 3.16 bits per heavy atom. The van der Waals surface area contributed by atoms with Gasteiger partial charge in [0, 0.05) is 12.7 Å². The zero-order valence-electron chi connectivity index (χ0n) is 10.6. The van der Waals surface area contributed by atoms with Crippen molar-refractivity contribution in [2.24, 2.45) is 0 Å². The molecule has 1 aromatic carbocycles. The van der Waals surface area contributed by atoms with E-state index in [1.807, 2.05) is 30.4 Å². The number of amides is 1. The van der Waals surface area contributed by atoms with Crippen LogP contribution in [0.3, 0.4) is 0 Å². The van der Waals surface area contributed by atoms with Crippen molar-refractivity contribution >= 4 is 34.5 Å². The van der Waals surface area contributed by atoms with Gasteiger partial charge >= 0.3 is 0 Å². The summed E-state index contributed by atoms with van der Waals surface area (Å²) in [5.74, 6) is 1.35. The minimum atomic E-state index is -0.133. The molecule has 4 nitrogen and oxygen atoms in total. The third kappa shape index (κ3) is 4.13. The maximum Gasteiger partial charge on any atom is 0.262 e. The van der Waals surface area contributed by atoms with E-state index < -0.39 is 0 Å². The number of hydrogen-bond acceptors (Lipinski definition) is 4. The normalized spacial score (nSPS) is 13.8. The average Bonchev–Trinajstić information content (AvgIpc) is 2.37. The molecule has 0 saturated carbocycles. The first-order chi connectivity index (χ1) is 9.15. The smallest absolute Gasteiger partial charge is 0.262 e. The van der Waals surface area contributed by atoms with Gasteiger partial charge in [0.15, 0.2) is 11.7 Å². The van der Waals surface area contributed by atoms with Gasteiger partial charge in [0.2, 0.25) is 0 Å². The predicted molar refractivity (Wildman–Crippen MR) is 77.4 cm³/mol. The predicted octanol–water partition coefficient (Wildman–Crippen LogP) is 2.70. The Hall–Kier alpha value is -1.75. The van der Waals surface area contributed by atoms with E-state index in [0.717, 1.165) is 17.7 Å². The molecule has 0 unspecified atom stereocenters. The van der Waals surface area contributed by atoms with E-state index in [4.69, 9.17) is 4.74 Å². The summed E-state index contributed by atoms with van der Waals surface area (Å²) in [7, 11) is 0. The van der Waals surface area contributed by atoms with Crippen molar-refractivity contribution in [3.63, 3.8) is 0 Å². The molecule has 0 aliphatic carbocycles. The average molecular weight is 277 g/mol. The van der Waals surface area contributed by atoms with Crippen molar-refractivity contribution in [1.82, 2.24) is 0 Å². The molecular formula is C14H15NO3S. The molecule has 0 atom stereocenters. The minimum absolute atomic E-state index is 0.0739. The third-order valence-electron chi connectivity index (χ3n) is 2.54. The fraction of sp³-hybridized carbons (Fsp3) is 0.286. The van der Waals surface area contributed by atoms with E-state index in [-0.39, 0.29) is 17.6 Å². The van der Waals surface area contributed by atoms with Crippen molar-refractivity contribution < 1.29 is 14.3 Å². The maximum absolute atomic E-state index is 11.2. The highest BCUT2D eigenvalue weighted by atomic mass is 32.2. The van der Waals surface area contributed by atoms with Gasteiger partial charge in [0.05, 0.1) is 5.69 Å². The lowest BCUT2D eigenvalue weighted by Crippen LogP contribution is -2.25. The molecule has 0 saturated heterocycles. The van der Waals surface area contributed by atoms with Crippen LogP contribution in [0.15, 0.2) is 24.3 Å². The second kappa shape index (κ2) is 6.43. The Bertz CT molecular complexity index is 525. The first-order valence-electron chi connectivity index (χ1n) is 6.02. The van der Waals surface area contributed by atoms with Gasteiger partial charge in [-0.1, -0.05) is 30.0 Å². The van der Waals surface area contributed by atoms with Crippen molar-refractivity contribution in [3.05, 3.63) is 29.8 Å². The SMILES string of the molecule is CC(=O)SCCC=Cc1ccc2c(c1)NC(=O)CO2. The van der Waals surface area contributed by atoms with Crippen molar-refractivity contribution in [2.75, 3.05) is 17.7 Å². The second-order valence-corrected chi connectivity index (χ2v) is 5.40. The number of allylic oxidation sites excluding steroid dienone is 1. The van der Waals surface area contributed by atoms with Crippen LogP contribution in [0.25, 0.3) is 6.08 Å². The topological polar surface area (TPSA) is 55.4 Å². The molecule has 1 aliphatic heterocycles. The summed E-state index contributed by atoms with van der Waals surface area (Å²) in [6.07, 6.45) is 4.83. The van der Waals surface area contributed by atoms with E-state index in [9.17, 15) is 9.59 Å². The first kappa shape index (κ1) is 13.7. The number of nitrogens with one attached hydrogen (secondary N) is 1. The summed E-state index contributed by atoms with van der Waals surface area (Å²) in [6.45, 7) is 1.64. The lowest BCUT2D eigenvalue weighted by Gasteiger charge is -2.17. The van der Waals surface area contributed by atoms with E-state index in [0.29, 0.717) is 11.4 Å². The molecule has 2 rings (SSSR count).